The lowest BCUT2D eigenvalue weighted by Gasteiger charge is -2.26. The fourth-order valence-electron chi connectivity index (χ4n) is 4.93. The molecule has 3 aromatic rings. The van der Waals surface area contributed by atoms with E-state index in [0.717, 1.165) is 25.2 Å². The normalized spacial score (nSPS) is 16.2. The molecule has 1 N–H and O–H groups in total. The number of halogens is 2. The van der Waals surface area contributed by atoms with E-state index in [1.807, 2.05) is 0 Å². The molecule has 13 heteroatoms. The van der Waals surface area contributed by atoms with E-state index in [2.05, 4.69) is 4.90 Å². The first-order valence-corrected chi connectivity index (χ1v) is 15.8. The van der Waals surface area contributed by atoms with E-state index < -0.39 is 17.6 Å². The molecule has 2 saturated heterocycles. The summed E-state index contributed by atoms with van der Waals surface area (Å²) < 4.78 is 50.9. The molecule has 2 heterocycles. The van der Waals surface area contributed by atoms with Gasteiger partial charge in [-0.25, -0.2) is 13.6 Å². The second kappa shape index (κ2) is 15.5. The SMILES string of the molecule is COc1cc(C(=O)O)ccc1OCCCN1C(=O)C(=Cc2ccc(OCCN3CCOCC3)c(-c3ccc(F)c(F)c3)c2)SC1=S. The van der Waals surface area contributed by atoms with Crippen molar-refractivity contribution in [3.8, 4) is 28.4 Å². The molecule has 0 saturated carbocycles. The van der Waals surface area contributed by atoms with Gasteiger partial charge in [-0.1, -0.05) is 36.1 Å². The first kappa shape index (κ1) is 33.3. The number of carbonyl (C=O) groups excluding carboxylic acids is 1. The minimum atomic E-state index is -1.07. The van der Waals surface area contributed by atoms with Crippen LogP contribution in [0.5, 0.6) is 17.2 Å². The number of rotatable bonds is 13. The van der Waals surface area contributed by atoms with Gasteiger partial charge in [-0.15, -0.1) is 0 Å². The summed E-state index contributed by atoms with van der Waals surface area (Å²) in [7, 11) is 1.43. The summed E-state index contributed by atoms with van der Waals surface area (Å²) in [5, 5.41) is 9.18. The van der Waals surface area contributed by atoms with E-state index in [1.54, 1.807) is 24.3 Å². The number of hydrogen-bond donors (Lipinski definition) is 1. The fraction of sp³-hybridized carbons (Fsp3) is 0.303. The average Bonchev–Trinajstić information content (AvgIpc) is 3.32. The summed E-state index contributed by atoms with van der Waals surface area (Å²) in [6.45, 7) is 4.64. The molecule has 0 radical (unpaired) electrons. The lowest BCUT2D eigenvalue weighted by molar-refractivity contribution is -0.122. The van der Waals surface area contributed by atoms with Gasteiger partial charge < -0.3 is 24.1 Å². The third-order valence-electron chi connectivity index (χ3n) is 7.37. The van der Waals surface area contributed by atoms with E-state index in [-0.39, 0.29) is 18.1 Å². The highest BCUT2D eigenvalue weighted by Gasteiger charge is 2.31. The predicted molar refractivity (Wildman–Crippen MR) is 174 cm³/mol. The molecule has 2 aliphatic rings. The van der Waals surface area contributed by atoms with Gasteiger partial charge in [0.15, 0.2) is 23.1 Å². The molecule has 46 heavy (non-hydrogen) atoms. The molecule has 0 aromatic heterocycles. The molecule has 0 aliphatic carbocycles. The number of carbonyl (C=O) groups is 2. The Morgan fingerprint density at radius 1 is 0.978 bits per heavy atom. The third-order valence-corrected chi connectivity index (χ3v) is 8.75. The maximum atomic E-state index is 14.2. The molecule has 0 spiro atoms. The maximum absolute atomic E-state index is 14.2. The lowest BCUT2D eigenvalue weighted by Crippen LogP contribution is -2.38. The number of thiocarbonyl (C=S) groups is 1. The molecule has 242 valence electrons. The zero-order chi connectivity index (χ0) is 32.6. The van der Waals surface area contributed by atoms with Crippen LogP contribution in [0.3, 0.4) is 0 Å². The van der Waals surface area contributed by atoms with Crippen LogP contribution in [-0.4, -0.2) is 90.8 Å². The van der Waals surface area contributed by atoms with Gasteiger partial charge in [-0.05, 0) is 66.1 Å². The number of methoxy groups -OCH3 is 1. The van der Waals surface area contributed by atoms with Gasteiger partial charge in [0.2, 0.25) is 0 Å². The maximum Gasteiger partial charge on any atom is 0.335 e. The molecule has 5 rings (SSSR count). The van der Waals surface area contributed by atoms with Crippen LogP contribution < -0.4 is 14.2 Å². The zero-order valence-corrected chi connectivity index (χ0v) is 26.6. The van der Waals surface area contributed by atoms with Gasteiger partial charge in [0.05, 0.1) is 37.4 Å². The lowest BCUT2D eigenvalue weighted by atomic mass is 10.0. The van der Waals surface area contributed by atoms with Gasteiger partial charge in [-0.2, -0.15) is 0 Å². The number of carboxylic acid groups (broad SMARTS) is 1. The summed E-state index contributed by atoms with van der Waals surface area (Å²) >= 11 is 6.66. The van der Waals surface area contributed by atoms with Crippen molar-refractivity contribution < 1.29 is 42.4 Å². The van der Waals surface area contributed by atoms with Crippen molar-refractivity contribution in [1.82, 2.24) is 9.80 Å². The van der Waals surface area contributed by atoms with Crippen molar-refractivity contribution in [2.24, 2.45) is 0 Å². The Balaban J connectivity index is 1.25. The predicted octanol–water partition coefficient (Wildman–Crippen LogP) is 5.72. The summed E-state index contributed by atoms with van der Waals surface area (Å²) in [6, 6.07) is 13.4. The van der Waals surface area contributed by atoms with Crippen molar-refractivity contribution >= 4 is 46.3 Å². The number of carboxylic acids is 1. The first-order valence-electron chi connectivity index (χ1n) is 14.6. The van der Waals surface area contributed by atoms with Crippen LogP contribution >= 0.6 is 24.0 Å². The van der Waals surface area contributed by atoms with Gasteiger partial charge >= 0.3 is 5.97 Å². The van der Waals surface area contributed by atoms with Gasteiger partial charge in [0.25, 0.3) is 5.91 Å². The number of benzene rings is 3. The Morgan fingerprint density at radius 3 is 2.48 bits per heavy atom. The van der Waals surface area contributed by atoms with Crippen LogP contribution in [0.4, 0.5) is 8.78 Å². The van der Waals surface area contributed by atoms with Gasteiger partial charge in [0, 0.05) is 31.7 Å². The molecule has 0 unspecified atom stereocenters. The van der Waals surface area contributed by atoms with E-state index in [4.69, 9.17) is 31.2 Å². The fourth-order valence-corrected chi connectivity index (χ4v) is 6.24. The van der Waals surface area contributed by atoms with Crippen LogP contribution in [-0.2, 0) is 9.53 Å². The van der Waals surface area contributed by atoms with Crippen LogP contribution in [0.1, 0.15) is 22.3 Å². The Bertz CT molecular complexity index is 1650. The summed E-state index contributed by atoms with van der Waals surface area (Å²) in [5.74, 6) is -2.04. The molecule has 9 nitrogen and oxygen atoms in total. The van der Waals surface area contributed by atoms with Crippen molar-refractivity contribution in [1.29, 1.82) is 0 Å². The minimum absolute atomic E-state index is 0.0800. The van der Waals surface area contributed by atoms with E-state index in [9.17, 15) is 23.5 Å². The summed E-state index contributed by atoms with van der Waals surface area (Å²) in [4.78, 5) is 28.7. The Morgan fingerprint density at radius 2 is 1.74 bits per heavy atom. The second-order valence-corrected chi connectivity index (χ2v) is 12.1. The van der Waals surface area contributed by atoms with Crippen molar-refractivity contribution in [2.75, 3.05) is 59.7 Å². The van der Waals surface area contributed by atoms with E-state index >= 15 is 0 Å². The number of aromatic carboxylic acids is 1. The first-order chi connectivity index (χ1) is 22.2. The number of amides is 1. The molecular formula is C33H32F2N2O7S2. The Labute approximate surface area is 274 Å². The molecule has 2 fully saturated rings. The average molecular weight is 671 g/mol. The molecule has 2 aliphatic heterocycles. The van der Waals surface area contributed by atoms with Crippen molar-refractivity contribution in [3.05, 3.63) is 82.3 Å². The highest BCUT2D eigenvalue weighted by Crippen LogP contribution is 2.36. The topological polar surface area (TPSA) is 97.8 Å². The smallest absolute Gasteiger partial charge is 0.335 e. The Kier molecular flexibility index (Phi) is 11.2. The quantitative estimate of drug-likeness (QED) is 0.138. The van der Waals surface area contributed by atoms with E-state index in [1.165, 1.54) is 48.0 Å². The highest BCUT2D eigenvalue weighted by atomic mass is 32.2. The number of thioether (sulfide) groups is 1. The number of morpholine rings is 1. The van der Waals surface area contributed by atoms with Crippen LogP contribution in [0.25, 0.3) is 17.2 Å². The number of hydrogen-bond acceptors (Lipinski definition) is 9. The number of ether oxygens (including phenoxy) is 4. The largest absolute Gasteiger partial charge is 0.493 e. The Hall–Kier alpha value is -4.04. The molecule has 3 aromatic carbocycles. The van der Waals surface area contributed by atoms with Gasteiger partial charge in [-0.3, -0.25) is 14.6 Å². The standard InChI is InChI=1S/C33H32F2N2O7S2/c1-41-29-20-23(32(39)40)5-8-28(29)43-13-2-9-37-31(38)30(46-33(37)45)18-21-3-7-27(44-16-12-36-10-14-42-15-11-36)24(17-21)22-4-6-25(34)26(35)19-22/h3-8,17-20H,2,9-16H2,1H3,(H,39,40). The monoisotopic (exact) mass is 670 g/mol. The van der Waals surface area contributed by atoms with Crippen LogP contribution in [0.15, 0.2) is 59.5 Å². The van der Waals surface area contributed by atoms with Crippen molar-refractivity contribution in [3.63, 3.8) is 0 Å². The highest BCUT2D eigenvalue weighted by molar-refractivity contribution is 8.26. The third kappa shape index (κ3) is 8.21. The van der Waals surface area contributed by atoms with Crippen molar-refractivity contribution in [2.45, 2.75) is 6.42 Å². The summed E-state index contributed by atoms with van der Waals surface area (Å²) in [6.07, 6.45) is 2.17. The van der Waals surface area contributed by atoms with E-state index in [0.29, 0.717) is 82.5 Å². The van der Waals surface area contributed by atoms with Crippen LogP contribution in [0.2, 0.25) is 0 Å². The van der Waals surface area contributed by atoms with Gasteiger partial charge in [0.1, 0.15) is 16.7 Å². The number of nitrogens with zero attached hydrogens (tertiary/aromatic N) is 2. The molecule has 0 atom stereocenters. The second-order valence-electron chi connectivity index (χ2n) is 10.4. The minimum Gasteiger partial charge on any atom is -0.493 e. The zero-order valence-electron chi connectivity index (χ0n) is 25.0. The molecule has 1 amide bonds. The molecule has 0 bridgehead atoms. The van der Waals surface area contributed by atoms with Crippen LogP contribution in [0, 0.1) is 11.6 Å². The summed E-state index contributed by atoms with van der Waals surface area (Å²) in [5.41, 5.74) is 1.75. The molecular weight excluding hydrogens is 639 g/mol.